The molecule has 0 aliphatic carbocycles. The van der Waals surface area contributed by atoms with E-state index >= 15 is 0 Å². The Bertz CT molecular complexity index is 670. The summed E-state index contributed by atoms with van der Waals surface area (Å²) in [5.74, 6) is -1.76. The smallest absolute Gasteiger partial charge is 0.367 e. The van der Waals surface area contributed by atoms with Crippen molar-refractivity contribution in [1.29, 1.82) is 0 Å². The molecule has 8 heteroatoms. The summed E-state index contributed by atoms with van der Waals surface area (Å²) in [7, 11) is 0. The minimum atomic E-state index is -0.604. The van der Waals surface area contributed by atoms with E-state index in [2.05, 4.69) is 26.2 Å². The molecule has 5 nitrogen and oxygen atoms in total. The van der Waals surface area contributed by atoms with Gasteiger partial charge in [0.15, 0.2) is 0 Å². The molecule has 0 fully saturated rings. The van der Waals surface area contributed by atoms with E-state index in [0.717, 1.165) is 11.3 Å². The van der Waals surface area contributed by atoms with Crippen LogP contribution in [0.15, 0.2) is 28.1 Å². The lowest BCUT2D eigenvalue weighted by Crippen LogP contribution is -2.14. The molecule has 0 atom stereocenters. The maximum Gasteiger partial charge on any atom is 0.367 e. The van der Waals surface area contributed by atoms with Crippen molar-refractivity contribution in [3.05, 3.63) is 44.6 Å². The summed E-state index contributed by atoms with van der Waals surface area (Å²) in [5.41, 5.74) is 0.0476. The van der Waals surface area contributed by atoms with Gasteiger partial charge in [0.05, 0.1) is 12.3 Å². The molecule has 1 aromatic carbocycles. The molecule has 0 unspecified atom stereocenters. The van der Waals surface area contributed by atoms with E-state index in [1.54, 1.807) is 13.0 Å². The molecule has 110 valence electrons. The fourth-order valence-electron chi connectivity index (χ4n) is 1.46. The lowest BCUT2D eigenvalue weighted by molar-refractivity contribution is 0.0526. The highest BCUT2D eigenvalue weighted by Gasteiger charge is 2.18. The molecule has 0 aliphatic rings. The van der Waals surface area contributed by atoms with Crippen molar-refractivity contribution >= 4 is 44.8 Å². The third-order valence-electron chi connectivity index (χ3n) is 2.39. The van der Waals surface area contributed by atoms with Crippen LogP contribution in [0, 0.1) is 5.82 Å². The molecular formula is C13H10BrFN2O3S. The van der Waals surface area contributed by atoms with Gasteiger partial charge in [-0.3, -0.25) is 4.79 Å². The van der Waals surface area contributed by atoms with E-state index in [4.69, 9.17) is 4.74 Å². The molecule has 21 heavy (non-hydrogen) atoms. The van der Waals surface area contributed by atoms with E-state index in [0.29, 0.717) is 4.47 Å². The number of para-hydroxylation sites is 1. The zero-order valence-corrected chi connectivity index (χ0v) is 13.3. The molecule has 1 N–H and O–H groups in total. The van der Waals surface area contributed by atoms with E-state index in [-0.39, 0.29) is 23.0 Å². The summed E-state index contributed by atoms with van der Waals surface area (Å²) in [6.45, 7) is 1.90. The van der Waals surface area contributed by atoms with Gasteiger partial charge in [-0.2, -0.15) is 0 Å². The Morgan fingerprint density at radius 3 is 2.90 bits per heavy atom. The van der Waals surface area contributed by atoms with Crippen LogP contribution in [0.2, 0.25) is 0 Å². The van der Waals surface area contributed by atoms with E-state index in [1.807, 2.05) is 0 Å². The van der Waals surface area contributed by atoms with Gasteiger partial charge in [-0.1, -0.05) is 6.07 Å². The van der Waals surface area contributed by atoms with Crippen molar-refractivity contribution in [2.45, 2.75) is 6.92 Å². The van der Waals surface area contributed by atoms with Crippen LogP contribution in [0.25, 0.3) is 0 Å². The van der Waals surface area contributed by atoms with E-state index < -0.39 is 17.7 Å². The Morgan fingerprint density at radius 1 is 1.48 bits per heavy atom. The van der Waals surface area contributed by atoms with Gasteiger partial charge in [0.25, 0.3) is 5.91 Å². The second-order valence-electron chi connectivity index (χ2n) is 3.81. The highest BCUT2D eigenvalue weighted by molar-refractivity contribution is 9.10. The standard InChI is InChI=1S/C13H10BrFN2O3S/c1-2-20-13(19)12-16-9(6-21-12)11(18)17-10-7(14)4-3-5-8(10)15/h3-6H,2H2,1H3,(H,17,18). The van der Waals surface area contributed by atoms with Gasteiger partial charge in [0.1, 0.15) is 11.5 Å². The number of hydrogen-bond acceptors (Lipinski definition) is 5. The number of nitrogens with zero attached hydrogens (tertiary/aromatic N) is 1. The molecule has 1 heterocycles. The number of ether oxygens (including phenoxy) is 1. The minimum Gasteiger partial charge on any atom is -0.461 e. The van der Waals surface area contributed by atoms with Gasteiger partial charge in [-0.25, -0.2) is 14.2 Å². The summed E-state index contributed by atoms with van der Waals surface area (Å²) < 4.78 is 18.8. The molecule has 0 spiro atoms. The SMILES string of the molecule is CCOC(=O)c1nc(C(=O)Nc2c(F)cccc2Br)cs1. The first-order valence-electron chi connectivity index (χ1n) is 5.91. The monoisotopic (exact) mass is 372 g/mol. The van der Waals surface area contributed by atoms with Gasteiger partial charge in [-0.15, -0.1) is 11.3 Å². The Morgan fingerprint density at radius 2 is 2.24 bits per heavy atom. The lowest BCUT2D eigenvalue weighted by Gasteiger charge is -2.06. The fourth-order valence-corrected chi connectivity index (χ4v) is 2.59. The Labute approximate surface area is 132 Å². The number of benzene rings is 1. The predicted molar refractivity (Wildman–Crippen MR) is 80.1 cm³/mol. The number of halogens is 2. The zero-order chi connectivity index (χ0) is 15.4. The number of anilines is 1. The maximum atomic E-state index is 13.6. The molecule has 2 aromatic rings. The van der Waals surface area contributed by atoms with Gasteiger partial charge in [0, 0.05) is 9.85 Å². The average molecular weight is 373 g/mol. The number of aromatic nitrogens is 1. The minimum absolute atomic E-state index is 0.0215. The molecule has 0 saturated carbocycles. The number of amides is 1. The second-order valence-corrected chi connectivity index (χ2v) is 5.52. The van der Waals surface area contributed by atoms with Crippen LogP contribution in [0.4, 0.5) is 10.1 Å². The van der Waals surface area contributed by atoms with Crippen molar-refractivity contribution in [3.63, 3.8) is 0 Å². The van der Waals surface area contributed by atoms with E-state index in [9.17, 15) is 14.0 Å². The van der Waals surface area contributed by atoms with Crippen LogP contribution < -0.4 is 5.32 Å². The molecular weight excluding hydrogens is 363 g/mol. The first-order valence-corrected chi connectivity index (χ1v) is 7.58. The first-order chi connectivity index (χ1) is 10.0. The second kappa shape index (κ2) is 6.77. The lowest BCUT2D eigenvalue weighted by atomic mass is 10.3. The van der Waals surface area contributed by atoms with Crippen LogP contribution >= 0.6 is 27.3 Å². The van der Waals surface area contributed by atoms with Crippen LogP contribution in [0.3, 0.4) is 0 Å². The highest BCUT2D eigenvalue weighted by Crippen LogP contribution is 2.25. The number of rotatable bonds is 4. The third-order valence-corrected chi connectivity index (χ3v) is 3.87. The highest BCUT2D eigenvalue weighted by atomic mass is 79.9. The number of carbonyl (C=O) groups is 2. The fraction of sp³-hybridized carbons (Fsp3) is 0.154. The number of thiazole rings is 1. The Hall–Kier alpha value is -1.80. The number of hydrogen-bond donors (Lipinski definition) is 1. The molecule has 0 saturated heterocycles. The number of esters is 1. The summed E-state index contributed by atoms with van der Waals surface area (Å²) >= 11 is 4.14. The summed E-state index contributed by atoms with van der Waals surface area (Å²) in [6.07, 6.45) is 0. The molecule has 2 rings (SSSR count). The van der Waals surface area contributed by atoms with Crippen molar-refractivity contribution in [2.24, 2.45) is 0 Å². The van der Waals surface area contributed by atoms with Crippen LogP contribution in [0.1, 0.15) is 27.2 Å². The first kappa shape index (κ1) is 15.6. The molecule has 0 bridgehead atoms. The quantitative estimate of drug-likeness (QED) is 0.834. The predicted octanol–water partition coefficient (Wildman–Crippen LogP) is 3.47. The van der Waals surface area contributed by atoms with Crippen molar-refractivity contribution in [3.8, 4) is 0 Å². The van der Waals surface area contributed by atoms with Crippen molar-refractivity contribution < 1.29 is 18.7 Å². The summed E-state index contributed by atoms with van der Waals surface area (Å²) in [4.78, 5) is 27.4. The van der Waals surface area contributed by atoms with Gasteiger partial charge < -0.3 is 10.1 Å². The van der Waals surface area contributed by atoms with Gasteiger partial charge >= 0.3 is 5.97 Å². The number of carbonyl (C=O) groups excluding carboxylic acids is 2. The van der Waals surface area contributed by atoms with Crippen molar-refractivity contribution in [1.82, 2.24) is 4.98 Å². The topological polar surface area (TPSA) is 68.3 Å². The molecule has 0 radical (unpaired) electrons. The van der Waals surface area contributed by atoms with E-state index in [1.165, 1.54) is 17.5 Å². The van der Waals surface area contributed by atoms with Gasteiger partial charge in [-0.05, 0) is 35.0 Å². The largest absolute Gasteiger partial charge is 0.461 e. The molecule has 1 aromatic heterocycles. The number of nitrogens with one attached hydrogen (secondary N) is 1. The normalized spacial score (nSPS) is 10.2. The molecule has 1 amide bonds. The molecule has 0 aliphatic heterocycles. The Balaban J connectivity index is 2.16. The summed E-state index contributed by atoms with van der Waals surface area (Å²) in [6, 6.07) is 4.34. The maximum absolute atomic E-state index is 13.6. The van der Waals surface area contributed by atoms with Crippen LogP contribution in [-0.2, 0) is 4.74 Å². The van der Waals surface area contributed by atoms with Gasteiger partial charge in [0.2, 0.25) is 5.01 Å². The van der Waals surface area contributed by atoms with Crippen LogP contribution in [0.5, 0.6) is 0 Å². The zero-order valence-electron chi connectivity index (χ0n) is 10.9. The van der Waals surface area contributed by atoms with Crippen molar-refractivity contribution in [2.75, 3.05) is 11.9 Å². The average Bonchev–Trinajstić information content (AvgIpc) is 2.93. The summed E-state index contributed by atoms with van der Waals surface area (Å²) in [5, 5.41) is 3.90. The Kier molecular flexibility index (Phi) is 5.03. The van der Waals surface area contributed by atoms with Crippen LogP contribution in [-0.4, -0.2) is 23.5 Å². The third kappa shape index (κ3) is 3.64.